The molecule has 5 heterocycles. The molecule has 5 amide bonds. The second-order valence-corrected chi connectivity index (χ2v) is 11.6. The molecule has 3 fully saturated rings. The molecule has 1 aromatic heterocycles. The van der Waals surface area contributed by atoms with Gasteiger partial charge in [0, 0.05) is 51.5 Å². The fourth-order valence-corrected chi connectivity index (χ4v) is 6.34. The summed E-state index contributed by atoms with van der Waals surface area (Å²) in [5.41, 5.74) is 0.523. The first-order valence-electron chi connectivity index (χ1n) is 14.5. The number of fused-ring (bicyclic) bond motifs is 2. The molecule has 0 radical (unpaired) electrons. The maximum absolute atomic E-state index is 16.1. The number of hydrogen-bond acceptors (Lipinski definition) is 8. The molecular weight excluding hydrogens is 573 g/mol. The highest BCUT2D eigenvalue weighted by Gasteiger charge is 2.36. The van der Waals surface area contributed by atoms with Crippen LogP contribution in [0.2, 0.25) is 0 Å². The molecule has 4 aliphatic rings. The zero-order valence-electron chi connectivity index (χ0n) is 23.9. The standard InChI is InChI=1S/C30H30FN7O6/c1-35-8-10-36(11-9-35)29(42)18-15-38-21-4-2-3-5-22(21)44-27-24(38)17(26(18)40)12-19(31)25(27)37-7-6-16(14-37)32-23(39)13-20-28(41)34-30(43)33-20/h2-5,12,15-16,20H,6-11,13-14H2,1H3,(H,32,39)(H2,33,34,41,43). The van der Waals surface area contributed by atoms with Gasteiger partial charge in [0.15, 0.2) is 17.3 Å². The first-order chi connectivity index (χ1) is 21.2. The van der Waals surface area contributed by atoms with Gasteiger partial charge in [0.2, 0.25) is 11.3 Å². The fourth-order valence-electron chi connectivity index (χ4n) is 6.34. The SMILES string of the molecule is CN1CCN(C(=O)c2cn3c4c(c(N5CCC(NC(=O)CC6NC(=O)NC6=O)C5)c(F)cc4c2=O)Oc2ccccc2-3)CC1. The minimum absolute atomic E-state index is 0.0343. The van der Waals surface area contributed by atoms with E-state index >= 15 is 4.39 Å². The molecule has 13 nitrogen and oxygen atoms in total. The largest absolute Gasteiger partial charge is 0.451 e. The molecule has 44 heavy (non-hydrogen) atoms. The number of amides is 5. The van der Waals surface area contributed by atoms with Crippen LogP contribution in [0.1, 0.15) is 23.2 Å². The van der Waals surface area contributed by atoms with E-state index in [4.69, 9.17) is 4.74 Å². The van der Waals surface area contributed by atoms with Gasteiger partial charge in [-0.05, 0) is 31.7 Å². The van der Waals surface area contributed by atoms with Crippen LogP contribution >= 0.6 is 0 Å². The topological polar surface area (TPSA) is 145 Å². The Hall–Kier alpha value is -4.98. The van der Waals surface area contributed by atoms with Crippen LogP contribution in [0.15, 0.2) is 41.3 Å². The van der Waals surface area contributed by atoms with Crippen molar-refractivity contribution in [1.29, 1.82) is 0 Å². The number of carbonyl (C=O) groups is 4. The average molecular weight is 604 g/mol. The number of anilines is 1. The number of likely N-dealkylation sites (N-methyl/N-ethyl adjacent to an activating group) is 1. The lowest BCUT2D eigenvalue weighted by atomic mass is 10.0. The number of pyridine rings is 1. The third kappa shape index (κ3) is 4.71. The quantitative estimate of drug-likeness (QED) is 0.286. The van der Waals surface area contributed by atoms with Gasteiger partial charge in [0.1, 0.15) is 22.8 Å². The van der Waals surface area contributed by atoms with Crippen molar-refractivity contribution < 1.29 is 28.3 Å². The summed E-state index contributed by atoms with van der Waals surface area (Å²) in [6.07, 6.45) is 1.81. The summed E-state index contributed by atoms with van der Waals surface area (Å²) in [6, 6.07) is 6.38. The van der Waals surface area contributed by atoms with Gasteiger partial charge >= 0.3 is 6.03 Å². The molecule has 0 saturated carbocycles. The molecule has 3 N–H and O–H groups in total. The van der Waals surface area contributed by atoms with Gasteiger partial charge in [0.05, 0.1) is 17.5 Å². The Labute approximate surface area is 250 Å². The lowest BCUT2D eigenvalue weighted by molar-refractivity contribution is -0.126. The van der Waals surface area contributed by atoms with Crippen molar-refractivity contribution in [2.75, 3.05) is 51.2 Å². The molecule has 14 heteroatoms. The molecule has 2 aromatic carbocycles. The van der Waals surface area contributed by atoms with E-state index < -0.39 is 41.0 Å². The number of rotatable bonds is 5. The minimum atomic E-state index is -0.944. The van der Waals surface area contributed by atoms with Crippen LogP contribution in [-0.2, 0) is 9.59 Å². The lowest BCUT2D eigenvalue weighted by Crippen LogP contribution is -2.48. The number of aromatic nitrogens is 1. The zero-order valence-corrected chi connectivity index (χ0v) is 23.9. The normalized spacial score (nSPS) is 21.1. The molecule has 2 unspecified atom stereocenters. The third-order valence-corrected chi connectivity index (χ3v) is 8.65. The second kappa shape index (κ2) is 10.6. The third-order valence-electron chi connectivity index (χ3n) is 8.65. The van der Waals surface area contributed by atoms with Crippen LogP contribution in [0.5, 0.6) is 11.5 Å². The van der Waals surface area contributed by atoms with Gasteiger partial charge in [-0.25, -0.2) is 9.18 Å². The Morgan fingerprint density at radius 3 is 2.61 bits per heavy atom. The number of hydrogen-bond donors (Lipinski definition) is 3. The van der Waals surface area contributed by atoms with Crippen molar-refractivity contribution in [2.45, 2.75) is 24.9 Å². The van der Waals surface area contributed by atoms with Crippen LogP contribution in [0.3, 0.4) is 0 Å². The molecule has 0 aliphatic carbocycles. The van der Waals surface area contributed by atoms with Gasteiger partial charge < -0.3 is 34.6 Å². The second-order valence-electron chi connectivity index (χ2n) is 11.6. The number of nitrogens with one attached hydrogen (secondary N) is 3. The maximum atomic E-state index is 16.1. The number of para-hydroxylation sites is 2. The molecular formula is C30H30FN7O6. The molecule has 0 spiro atoms. The van der Waals surface area contributed by atoms with Crippen molar-refractivity contribution in [1.82, 2.24) is 30.3 Å². The van der Waals surface area contributed by atoms with Gasteiger partial charge in [0.25, 0.3) is 11.8 Å². The van der Waals surface area contributed by atoms with E-state index in [0.29, 0.717) is 56.1 Å². The van der Waals surface area contributed by atoms with Crippen LogP contribution in [0.25, 0.3) is 16.6 Å². The Balaban J connectivity index is 1.22. The van der Waals surface area contributed by atoms with Crippen LogP contribution in [0, 0.1) is 5.82 Å². The molecule has 4 aliphatic heterocycles. The van der Waals surface area contributed by atoms with Crippen LogP contribution in [0.4, 0.5) is 14.9 Å². The van der Waals surface area contributed by atoms with Gasteiger partial charge in [-0.1, -0.05) is 12.1 Å². The maximum Gasteiger partial charge on any atom is 0.322 e. The molecule has 0 bridgehead atoms. The van der Waals surface area contributed by atoms with E-state index in [1.807, 2.05) is 19.2 Å². The Bertz CT molecular complexity index is 1800. The average Bonchev–Trinajstić information content (AvgIpc) is 3.58. The number of benzene rings is 2. The lowest BCUT2D eigenvalue weighted by Gasteiger charge is -2.33. The summed E-state index contributed by atoms with van der Waals surface area (Å²) >= 11 is 0. The number of piperazine rings is 1. The number of nitrogens with zero attached hydrogens (tertiary/aromatic N) is 4. The van der Waals surface area contributed by atoms with Crippen molar-refractivity contribution in [3.8, 4) is 17.2 Å². The Morgan fingerprint density at radius 1 is 1.09 bits per heavy atom. The van der Waals surface area contributed by atoms with E-state index in [1.165, 1.54) is 12.3 Å². The Morgan fingerprint density at radius 2 is 1.86 bits per heavy atom. The molecule has 3 saturated heterocycles. The molecule has 2 atom stereocenters. The van der Waals surface area contributed by atoms with E-state index in [9.17, 15) is 24.0 Å². The number of carbonyl (C=O) groups excluding carboxylic acids is 4. The first-order valence-corrected chi connectivity index (χ1v) is 14.5. The zero-order chi connectivity index (χ0) is 30.7. The van der Waals surface area contributed by atoms with Gasteiger partial charge in [-0.15, -0.1) is 0 Å². The highest BCUT2D eigenvalue weighted by Crippen LogP contribution is 2.47. The van der Waals surface area contributed by atoms with E-state index in [2.05, 4.69) is 20.9 Å². The summed E-state index contributed by atoms with van der Waals surface area (Å²) in [5.74, 6) is -1.46. The van der Waals surface area contributed by atoms with Crippen LogP contribution in [-0.4, -0.2) is 96.5 Å². The highest BCUT2D eigenvalue weighted by molar-refractivity contribution is 6.06. The number of ether oxygens (including phenoxy) is 1. The Kier molecular flexibility index (Phi) is 6.72. The smallest absolute Gasteiger partial charge is 0.322 e. The van der Waals surface area contributed by atoms with Gasteiger partial charge in [-0.3, -0.25) is 24.5 Å². The number of imide groups is 1. The predicted molar refractivity (Wildman–Crippen MR) is 157 cm³/mol. The van der Waals surface area contributed by atoms with Crippen molar-refractivity contribution >= 4 is 40.3 Å². The van der Waals surface area contributed by atoms with Crippen LogP contribution < -0.4 is 31.0 Å². The first kappa shape index (κ1) is 27.8. The summed E-state index contributed by atoms with van der Waals surface area (Å²) < 4.78 is 24.1. The van der Waals surface area contributed by atoms with Crippen molar-refractivity contribution in [2.24, 2.45) is 0 Å². The molecule has 7 rings (SSSR count). The highest BCUT2D eigenvalue weighted by atomic mass is 19.1. The van der Waals surface area contributed by atoms with Crippen molar-refractivity contribution in [3.05, 3.63) is 58.1 Å². The van der Waals surface area contributed by atoms with E-state index in [1.54, 1.807) is 26.5 Å². The van der Waals surface area contributed by atoms with E-state index in [-0.39, 0.29) is 41.4 Å². The van der Waals surface area contributed by atoms with E-state index in [0.717, 1.165) is 0 Å². The minimum Gasteiger partial charge on any atom is -0.451 e. The van der Waals surface area contributed by atoms with Crippen molar-refractivity contribution in [3.63, 3.8) is 0 Å². The fraction of sp³-hybridized carbons (Fsp3) is 0.367. The van der Waals surface area contributed by atoms with Gasteiger partial charge in [-0.2, -0.15) is 0 Å². The summed E-state index contributed by atoms with van der Waals surface area (Å²) in [5, 5.41) is 7.40. The monoisotopic (exact) mass is 603 g/mol. The summed E-state index contributed by atoms with van der Waals surface area (Å²) in [6.45, 7) is 2.99. The molecule has 3 aromatic rings. The number of urea groups is 1. The molecule has 228 valence electrons. The summed E-state index contributed by atoms with van der Waals surface area (Å²) in [4.78, 5) is 68.7. The predicted octanol–water partition coefficient (Wildman–Crippen LogP) is 0.916. The summed E-state index contributed by atoms with van der Waals surface area (Å²) in [7, 11) is 1.98. The number of halogens is 1.